The number of carbonyl (C=O) groups excluding carboxylic acids is 3. The summed E-state index contributed by atoms with van der Waals surface area (Å²) in [4.78, 5) is 47.8. The van der Waals surface area contributed by atoms with E-state index in [2.05, 4.69) is 6.58 Å². The maximum Gasteiger partial charge on any atom is 0.308 e. The minimum Gasteiger partial charge on any atom is -0.489 e. The van der Waals surface area contributed by atoms with E-state index < -0.39 is 23.3 Å². The number of rotatable bonds is 7. The molecule has 9 heteroatoms. The Morgan fingerprint density at radius 3 is 2.12 bits per heavy atom. The summed E-state index contributed by atoms with van der Waals surface area (Å²) in [7, 11) is 0. The minimum absolute atomic E-state index is 0.0350. The van der Waals surface area contributed by atoms with Gasteiger partial charge in [0.15, 0.2) is 5.76 Å². The summed E-state index contributed by atoms with van der Waals surface area (Å²) in [6, 6.07) is 8.84. The zero-order valence-electron chi connectivity index (χ0n) is 18.1. The lowest BCUT2D eigenvalue weighted by Gasteiger charge is -2.13. The summed E-state index contributed by atoms with van der Waals surface area (Å²) in [5.41, 5.74) is -0.322. The summed E-state index contributed by atoms with van der Waals surface area (Å²) in [6.07, 6.45) is 1.52. The molecular weight excluding hydrogens is 432 g/mol. The first-order chi connectivity index (χ1) is 15.7. The Bertz CT molecular complexity index is 1300. The maximum atomic E-state index is 13.3. The first-order valence-electron chi connectivity index (χ1n) is 9.73. The van der Waals surface area contributed by atoms with Gasteiger partial charge in [-0.3, -0.25) is 19.2 Å². The van der Waals surface area contributed by atoms with Crippen molar-refractivity contribution >= 4 is 28.9 Å². The third-order valence-corrected chi connectivity index (χ3v) is 4.14. The molecule has 3 aromatic rings. The topological polar surface area (TPSA) is 118 Å². The SMILES string of the molecule is C=CCOc1cc(OC(C)=O)c2c(=O)c(OC(C)=O)c(-c3ccc(OC(C)=O)cc3)oc2c1. The lowest BCUT2D eigenvalue weighted by Crippen LogP contribution is -2.15. The van der Waals surface area contributed by atoms with Crippen LogP contribution in [0.1, 0.15) is 20.8 Å². The molecule has 0 radical (unpaired) electrons. The predicted molar refractivity (Wildman–Crippen MR) is 118 cm³/mol. The van der Waals surface area contributed by atoms with E-state index in [1.165, 1.54) is 56.3 Å². The monoisotopic (exact) mass is 452 g/mol. The molecule has 0 aliphatic carbocycles. The Morgan fingerprint density at radius 1 is 0.909 bits per heavy atom. The van der Waals surface area contributed by atoms with E-state index in [4.69, 9.17) is 23.4 Å². The van der Waals surface area contributed by atoms with Gasteiger partial charge in [-0.1, -0.05) is 12.7 Å². The van der Waals surface area contributed by atoms with Gasteiger partial charge >= 0.3 is 17.9 Å². The lowest BCUT2D eigenvalue weighted by atomic mass is 10.1. The summed E-state index contributed by atoms with van der Waals surface area (Å²) in [6.45, 7) is 7.31. The minimum atomic E-state index is -0.751. The molecule has 3 rings (SSSR count). The smallest absolute Gasteiger partial charge is 0.308 e. The average molecular weight is 452 g/mol. The van der Waals surface area contributed by atoms with Crippen LogP contribution in [0.15, 0.2) is 58.3 Å². The highest BCUT2D eigenvalue weighted by Crippen LogP contribution is 2.37. The molecule has 2 aromatic carbocycles. The van der Waals surface area contributed by atoms with E-state index >= 15 is 0 Å². The van der Waals surface area contributed by atoms with Gasteiger partial charge in [-0.25, -0.2) is 0 Å². The molecule has 0 saturated carbocycles. The first-order valence-corrected chi connectivity index (χ1v) is 9.73. The van der Waals surface area contributed by atoms with Gasteiger partial charge < -0.3 is 23.4 Å². The predicted octanol–water partition coefficient (Wildman–Crippen LogP) is 3.80. The van der Waals surface area contributed by atoms with Gasteiger partial charge in [-0.15, -0.1) is 0 Å². The van der Waals surface area contributed by atoms with Crippen molar-refractivity contribution in [3.05, 3.63) is 59.3 Å². The Hall–Kier alpha value is -4.40. The van der Waals surface area contributed by atoms with Crippen molar-refractivity contribution in [2.75, 3.05) is 6.61 Å². The Labute approximate surface area is 188 Å². The number of hydrogen-bond donors (Lipinski definition) is 0. The highest BCUT2D eigenvalue weighted by Gasteiger charge is 2.23. The summed E-state index contributed by atoms with van der Waals surface area (Å²) in [5.74, 6) is -1.92. The van der Waals surface area contributed by atoms with Crippen LogP contribution in [-0.2, 0) is 14.4 Å². The van der Waals surface area contributed by atoms with Crippen molar-refractivity contribution in [1.82, 2.24) is 0 Å². The normalized spacial score (nSPS) is 10.4. The van der Waals surface area contributed by atoms with Crippen LogP contribution in [0.2, 0.25) is 0 Å². The third kappa shape index (κ3) is 5.45. The molecule has 0 aliphatic rings. The Balaban J connectivity index is 2.28. The summed E-state index contributed by atoms with van der Waals surface area (Å²) >= 11 is 0. The quantitative estimate of drug-likeness (QED) is 0.299. The number of fused-ring (bicyclic) bond motifs is 1. The Kier molecular flexibility index (Phi) is 6.92. The number of esters is 3. The van der Waals surface area contributed by atoms with Gasteiger partial charge in [0, 0.05) is 38.5 Å². The van der Waals surface area contributed by atoms with Crippen LogP contribution in [0, 0.1) is 0 Å². The van der Waals surface area contributed by atoms with E-state index in [1.54, 1.807) is 0 Å². The number of ether oxygens (including phenoxy) is 4. The number of carbonyl (C=O) groups is 3. The molecule has 1 aromatic heterocycles. The van der Waals surface area contributed by atoms with E-state index in [-0.39, 0.29) is 46.3 Å². The number of hydrogen-bond acceptors (Lipinski definition) is 9. The average Bonchev–Trinajstić information content (AvgIpc) is 2.73. The van der Waals surface area contributed by atoms with Crippen LogP contribution in [0.4, 0.5) is 0 Å². The zero-order valence-corrected chi connectivity index (χ0v) is 18.1. The molecule has 0 spiro atoms. The molecule has 0 amide bonds. The fourth-order valence-electron chi connectivity index (χ4n) is 2.98. The van der Waals surface area contributed by atoms with Gasteiger partial charge in [0.05, 0.1) is 0 Å². The standard InChI is InChI=1S/C24H20O9/c1-5-10-29-18-11-19(31-14(3)26)21-20(12-18)33-23(24(22(21)28)32-15(4)27)16-6-8-17(9-7-16)30-13(2)25/h5-9,11-12H,1,10H2,2-4H3. The van der Waals surface area contributed by atoms with Crippen LogP contribution < -0.4 is 24.4 Å². The molecule has 0 fully saturated rings. The van der Waals surface area contributed by atoms with Gasteiger partial charge in [0.25, 0.3) is 0 Å². The highest BCUT2D eigenvalue weighted by atomic mass is 16.6. The van der Waals surface area contributed by atoms with Crippen molar-refractivity contribution in [2.24, 2.45) is 0 Å². The molecule has 0 saturated heterocycles. The van der Waals surface area contributed by atoms with E-state index in [1.807, 2.05) is 0 Å². The molecule has 170 valence electrons. The van der Waals surface area contributed by atoms with Gasteiger partial charge in [0.1, 0.15) is 34.8 Å². The van der Waals surface area contributed by atoms with Gasteiger partial charge in [-0.05, 0) is 24.3 Å². The number of benzene rings is 2. The van der Waals surface area contributed by atoms with Crippen LogP contribution in [-0.4, -0.2) is 24.5 Å². The molecular formula is C24H20O9. The van der Waals surface area contributed by atoms with E-state index in [9.17, 15) is 19.2 Å². The molecule has 0 aliphatic heterocycles. The first kappa shape index (κ1) is 23.3. The van der Waals surface area contributed by atoms with E-state index in [0.29, 0.717) is 5.56 Å². The fraction of sp³-hybridized carbons (Fsp3) is 0.167. The second-order valence-electron chi connectivity index (χ2n) is 6.79. The fourth-order valence-corrected chi connectivity index (χ4v) is 2.98. The third-order valence-electron chi connectivity index (χ3n) is 4.14. The molecule has 1 heterocycles. The van der Waals surface area contributed by atoms with Crippen molar-refractivity contribution in [1.29, 1.82) is 0 Å². The largest absolute Gasteiger partial charge is 0.489 e. The molecule has 0 bridgehead atoms. The Morgan fingerprint density at radius 2 is 1.55 bits per heavy atom. The summed E-state index contributed by atoms with van der Waals surface area (Å²) in [5, 5.41) is -0.104. The van der Waals surface area contributed by atoms with Crippen LogP contribution in [0.5, 0.6) is 23.0 Å². The molecule has 0 N–H and O–H groups in total. The molecule has 33 heavy (non-hydrogen) atoms. The van der Waals surface area contributed by atoms with Crippen molar-refractivity contribution in [2.45, 2.75) is 20.8 Å². The lowest BCUT2D eigenvalue weighted by molar-refractivity contribution is -0.133. The second-order valence-corrected chi connectivity index (χ2v) is 6.79. The van der Waals surface area contributed by atoms with E-state index in [0.717, 1.165) is 6.92 Å². The van der Waals surface area contributed by atoms with Gasteiger partial charge in [-0.2, -0.15) is 0 Å². The van der Waals surface area contributed by atoms with Gasteiger partial charge in [0.2, 0.25) is 11.2 Å². The zero-order chi connectivity index (χ0) is 24.1. The van der Waals surface area contributed by atoms with Crippen molar-refractivity contribution < 1.29 is 37.7 Å². The van der Waals surface area contributed by atoms with Crippen LogP contribution >= 0.6 is 0 Å². The summed E-state index contributed by atoms with van der Waals surface area (Å²) < 4.78 is 26.8. The van der Waals surface area contributed by atoms with Crippen molar-refractivity contribution in [3.63, 3.8) is 0 Å². The highest BCUT2D eigenvalue weighted by molar-refractivity contribution is 5.91. The maximum absolute atomic E-state index is 13.3. The van der Waals surface area contributed by atoms with Crippen LogP contribution in [0.3, 0.4) is 0 Å². The molecule has 9 nitrogen and oxygen atoms in total. The van der Waals surface area contributed by atoms with Crippen LogP contribution in [0.25, 0.3) is 22.3 Å². The molecule has 0 unspecified atom stereocenters. The second kappa shape index (κ2) is 9.82. The molecule has 0 atom stereocenters. The van der Waals surface area contributed by atoms with Crippen molar-refractivity contribution in [3.8, 4) is 34.3 Å².